The van der Waals surface area contributed by atoms with E-state index in [9.17, 15) is 4.79 Å². The number of hydrogen-bond donors (Lipinski definition) is 1. The van der Waals surface area contributed by atoms with Crippen LogP contribution in [0.15, 0.2) is 41.4 Å². The van der Waals surface area contributed by atoms with Crippen LogP contribution in [0.1, 0.15) is 12.0 Å². The highest BCUT2D eigenvalue weighted by Crippen LogP contribution is 2.16. The molecule has 4 heteroatoms. The van der Waals surface area contributed by atoms with Crippen molar-refractivity contribution in [2.75, 3.05) is 0 Å². The van der Waals surface area contributed by atoms with Gasteiger partial charge in [-0.2, -0.15) is 0 Å². The molecular weight excluding hydrogens is 270 g/mol. The molecule has 0 aliphatic heterocycles. The van der Waals surface area contributed by atoms with Crippen LogP contribution in [0.5, 0.6) is 0 Å². The van der Waals surface area contributed by atoms with Crippen molar-refractivity contribution in [1.82, 2.24) is 0 Å². The van der Waals surface area contributed by atoms with Gasteiger partial charge in [-0.1, -0.05) is 40.2 Å². The molecule has 0 saturated carbocycles. The van der Waals surface area contributed by atoms with Crippen molar-refractivity contribution in [3.8, 4) is 0 Å². The molecule has 1 aromatic carbocycles. The largest absolute Gasteiger partial charge is 0.460 e. The lowest BCUT2D eigenvalue weighted by molar-refractivity contribution is -0.146. The molecule has 0 saturated heterocycles. The quantitative estimate of drug-likeness (QED) is 0.667. The highest BCUT2D eigenvalue weighted by atomic mass is 79.9. The van der Waals surface area contributed by atoms with Crippen LogP contribution < -0.4 is 5.73 Å². The SMILES string of the molecule is C=CCC(N)C(=O)OCc1ccccc1Br. The molecule has 0 bridgehead atoms. The van der Waals surface area contributed by atoms with Gasteiger partial charge in [0.1, 0.15) is 12.6 Å². The summed E-state index contributed by atoms with van der Waals surface area (Å²) in [6, 6.07) is 6.94. The van der Waals surface area contributed by atoms with Gasteiger partial charge < -0.3 is 10.5 Å². The Bertz CT molecular complexity index is 379. The van der Waals surface area contributed by atoms with Crippen molar-refractivity contribution in [2.45, 2.75) is 19.1 Å². The summed E-state index contributed by atoms with van der Waals surface area (Å²) in [5, 5.41) is 0. The summed E-state index contributed by atoms with van der Waals surface area (Å²) in [5.74, 6) is -0.407. The molecule has 86 valence electrons. The van der Waals surface area contributed by atoms with Gasteiger partial charge in [0.05, 0.1) is 0 Å². The minimum absolute atomic E-state index is 0.227. The van der Waals surface area contributed by atoms with Crippen molar-refractivity contribution >= 4 is 21.9 Å². The van der Waals surface area contributed by atoms with Crippen molar-refractivity contribution in [2.24, 2.45) is 5.73 Å². The van der Waals surface area contributed by atoms with Gasteiger partial charge in [0.2, 0.25) is 0 Å². The third kappa shape index (κ3) is 3.79. The fraction of sp³-hybridized carbons (Fsp3) is 0.250. The number of hydrogen-bond acceptors (Lipinski definition) is 3. The van der Waals surface area contributed by atoms with Gasteiger partial charge in [-0.3, -0.25) is 4.79 Å². The van der Waals surface area contributed by atoms with Crippen LogP contribution in [0.25, 0.3) is 0 Å². The summed E-state index contributed by atoms with van der Waals surface area (Å²) >= 11 is 3.38. The number of benzene rings is 1. The van der Waals surface area contributed by atoms with Crippen LogP contribution in [0.2, 0.25) is 0 Å². The normalized spacial score (nSPS) is 11.9. The monoisotopic (exact) mass is 283 g/mol. The van der Waals surface area contributed by atoms with E-state index in [0.717, 1.165) is 10.0 Å². The van der Waals surface area contributed by atoms with E-state index < -0.39 is 12.0 Å². The van der Waals surface area contributed by atoms with Crippen molar-refractivity contribution in [3.05, 3.63) is 47.0 Å². The Kier molecular flexibility index (Phi) is 5.22. The summed E-state index contributed by atoms with van der Waals surface area (Å²) < 4.78 is 6.00. The molecule has 1 unspecified atom stereocenters. The highest BCUT2D eigenvalue weighted by Gasteiger charge is 2.13. The van der Waals surface area contributed by atoms with E-state index in [2.05, 4.69) is 22.5 Å². The zero-order valence-corrected chi connectivity index (χ0v) is 10.4. The Morgan fingerprint density at radius 3 is 2.88 bits per heavy atom. The molecule has 0 radical (unpaired) electrons. The van der Waals surface area contributed by atoms with Crippen LogP contribution in [0.3, 0.4) is 0 Å². The summed E-state index contributed by atoms with van der Waals surface area (Å²) in [6.07, 6.45) is 2.03. The molecule has 0 amide bonds. The fourth-order valence-electron chi connectivity index (χ4n) is 1.15. The van der Waals surface area contributed by atoms with E-state index in [1.165, 1.54) is 0 Å². The van der Waals surface area contributed by atoms with Crippen molar-refractivity contribution in [3.63, 3.8) is 0 Å². The van der Waals surface area contributed by atoms with Crippen LogP contribution >= 0.6 is 15.9 Å². The third-order valence-corrected chi connectivity index (χ3v) is 2.82. The third-order valence-electron chi connectivity index (χ3n) is 2.05. The summed E-state index contributed by atoms with van der Waals surface area (Å²) in [6.45, 7) is 3.75. The second-order valence-corrected chi connectivity index (χ2v) is 4.18. The molecule has 16 heavy (non-hydrogen) atoms. The van der Waals surface area contributed by atoms with Gasteiger partial charge in [0, 0.05) is 10.0 Å². The maximum atomic E-state index is 11.4. The molecule has 0 heterocycles. The predicted octanol–water partition coefficient (Wildman–Crippen LogP) is 2.40. The van der Waals surface area contributed by atoms with E-state index in [1.807, 2.05) is 24.3 Å². The Morgan fingerprint density at radius 2 is 2.25 bits per heavy atom. The molecule has 2 N–H and O–H groups in total. The number of nitrogens with two attached hydrogens (primary N) is 1. The Balaban J connectivity index is 2.49. The first kappa shape index (κ1) is 12.9. The molecule has 0 spiro atoms. The van der Waals surface area contributed by atoms with Gasteiger partial charge in [0.15, 0.2) is 0 Å². The topological polar surface area (TPSA) is 52.3 Å². The number of halogens is 1. The number of esters is 1. The van der Waals surface area contributed by atoms with Gasteiger partial charge in [-0.25, -0.2) is 0 Å². The average molecular weight is 284 g/mol. The van der Waals surface area contributed by atoms with E-state index in [1.54, 1.807) is 6.08 Å². The van der Waals surface area contributed by atoms with Crippen LogP contribution in [0.4, 0.5) is 0 Å². The highest BCUT2D eigenvalue weighted by molar-refractivity contribution is 9.10. The predicted molar refractivity (Wildman–Crippen MR) is 66.7 cm³/mol. The molecule has 0 aliphatic carbocycles. The van der Waals surface area contributed by atoms with Crippen LogP contribution in [-0.4, -0.2) is 12.0 Å². The van der Waals surface area contributed by atoms with E-state index in [-0.39, 0.29) is 6.61 Å². The molecule has 0 aromatic heterocycles. The standard InChI is InChI=1S/C12H14BrNO2/c1-2-5-11(14)12(15)16-8-9-6-3-4-7-10(9)13/h2-4,6-7,11H,1,5,8,14H2. The first-order valence-electron chi connectivity index (χ1n) is 4.91. The Morgan fingerprint density at radius 1 is 1.56 bits per heavy atom. The maximum absolute atomic E-state index is 11.4. The average Bonchev–Trinajstić information content (AvgIpc) is 2.28. The van der Waals surface area contributed by atoms with Crippen molar-refractivity contribution < 1.29 is 9.53 Å². The van der Waals surface area contributed by atoms with E-state index >= 15 is 0 Å². The summed E-state index contributed by atoms with van der Waals surface area (Å²) in [5.41, 5.74) is 6.49. The van der Waals surface area contributed by atoms with Crippen LogP contribution in [0, 0.1) is 0 Å². The Hall–Kier alpha value is -1.13. The lowest BCUT2D eigenvalue weighted by Crippen LogP contribution is -2.31. The summed E-state index contributed by atoms with van der Waals surface area (Å²) in [7, 11) is 0. The van der Waals surface area contributed by atoms with Gasteiger partial charge in [-0.15, -0.1) is 6.58 Å². The smallest absolute Gasteiger partial charge is 0.323 e. The second kappa shape index (κ2) is 6.45. The summed E-state index contributed by atoms with van der Waals surface area (Å²) in [4.78, 5) is 11.4. The Labute approximate surface area is 103 Å². The number of carbonyl (C=O) groups excluding carboxylic acids is 1. The van der Waals surface area contributed by atoms with E-state index in [4.69, 9.17) is 10.5 Å². The molecule has 1 aromatic rings. The molecule has 3 nitrogen and oxygen atoms in total. The number of carbonyl (C=O) groups is 1. The second-order valence-electron chi connectivity index (χ2n) is 3.33. The molecular formula is C12H14BrNO2. The van der Waals surface area contributed by atoms with Gasteiger partial charge >= 0.3 is 5.97 Å². The first-order valence-corrected chi connectivity index (χ1v) is 5.71. The molecule has 0 aliphatic rings. The minimum Gasteiger partial charge on any atom is -0.460 e. The zero-order valence-electron chi connectivity index (χ0n) is 8.86. The van der Waals surface area contributed by atoms with Crippen LogP contribution in [-0.2, 0) is 16.1 Å². The molecule has 1 rings (SSSR count). The molecule has 0 fully saturated rings. The molecule has 1 atom stereocenters. The fourth-order valence-corrected chi connectivity index (χ4v) is 1.55. The van der Waals surface area contributed by atoms with Gasteiger partial charge in [0.25, 0.3) is 0 Å². The number of rotatable bonds is 5. The van der Waals surface area contributed by atoms with Crippen molar-refractivity contribution in [1.29, 1.82) is 0 Å². The minimum atomic E-state index is -0.625. The first-order chi connectivity index (χ1) is 7.65. The maximum Gasteiger partial charge on any atom is 0.323 e. The lowest BCUT2D eigenvalue weighted by Gasteiger charge is -2.10. The zero-order chi connectivity index (χ0) is 12.0. The number of ether oxygens (including phenoxy) is 1. The van der Waals surface area contributed by atoms with E-state index in [0.29, 0.717) is 6.42 Å². The van der Waals surface area contributed by atoms with Gasteiger partial charge in [-0.05, 0) is 12.5 Å². The lowest BCUT2D eigenvalue weighted by atomic mass is 10.2.